The van der Waals surface area contributed by atoms with Gasteiger partial charge in [0.1, 0.15) is 0 Å². The number of hydrogen-bond acceptors (Lipinski definition) is 4. The van der Waals surface area contributed by atoms with Gasteiger partial charge in [-0.3, -0.25) is 14.4 Å². The van der Waals surface area contributed by atoms with E-state index in [1.54, 1.807) is 0 Å². The molecule has 10 heteroatoms. The molecule has 1 fully saturated rings. The lowest BCUT2D eigenvalue weighted by Crippen LogP contribution is -2.61. The largest absolute Gasteiger partial charge is 0.481 e. The van der Waals surface area contributed by atoms with E-state index in [0.717, 1.165) is 12.1 Å². The minimum atomic E-state index is -4.59. The van der Waals surface area contributed by atoms with Crippen molar-refractivity contribution in [3.63, 3.8) is 0 Å². The van der Waals surface area contributed by atoms with Gasteiger partial charge in [0.2, 0.25) is 5.91 Å². The molecular weight excluding hydrogens is 451 g/mol. The van der Waals surface area contributed by atoms with Crippen LogP contribution in [0.4, 0.5) is 13.2 Å². The fourth-order valence-corrected chi connectivity index (χ4v) is 4.69. The lowest BCUT2D eigenvalue weighted by Gasteiger charge is -2.49. The normalized spacial score (nSPS) is 23.3. The molecular formula is C24H34F3N3O4. The van der Waals surface area contributed by atoms with Crippen molar-refractivity contribution in [2.75, 3.05) is 13.6 Å². The van der Waals surface area contributed by atoms with E-state index in [9.17, 15) is 32.7 Å². The summed E-state index contributed by atoms with van der Waals surface area (Å²) in [7, 11) is 1.96. The van der Waals surface area contributed by atoms with Crippen LogP contribution in [-0.2, 0) is 15.8 Å². The maximum Gasteiger partial charge on any atom is 0.416 e. The zero-order valence-electron chi connectivity index (χ0n) is 20.2. The molecule has 34 heavy (non-hydrogen) atoms. The first kappa shape index (κ1) is 27.6. The van der Waals surface area contributed by atoms with Crippen LogP contribution >= 0.6 is 0 Å². The number of amides is 2. The Morgan fingerprint density at radius 1 is 1.18 bits per heavy atom. The Bertz CT molecular complexity index is 904. The first-order valence-electron chi connectivity index (χ1n) is 11.4. The molecule has 2 amide bonds. The lowest BCUT2D eigenvalue weighted by molar-refractivity contribution is -0.159. The highest BCUT2D eigenvalue weighted by atomic mass is 19.4. The summed E-state index contributed by atoms with van der Waals surface area (Å²) in [6.45, 7) is 7.24. The van der Waals surface area contributed by atoms with Gasteiger partial charge < -0.3 is 20.6 Å². The number of benzene rings is 1. The number of carbonyl (C=O) groups is 3. The fraction of sp³-hybridized carbons (Fsp3) is 0.625. The molecule has 0 bridgehead atoms. The Balaban J connectivity index is 2.10. The van der Waals surface area contributed by atoms with E-state index in [1.165, 1.54) is 6.07 Å². The Morgan fingerprint density at radius 2 is 1.82 bits per heavy atom. The second-order valence-corrected chi connectivity index (χ2v) is 9.58. The minimum absolute atomic E-state index is 0.0484. The van der Waals surface area contributed by atoms with Crippen LogP contribution in [0.3, 0.4) is 0 Å². The van der Waals surface area contributed by atoms with Gasteiger partial charge in [0.25, 0.3) is 5.91 Å². The Kier molecular flexibility index (Phi) is 8.74. The van der Waals surface area contributed by atoms with Crippen molar-refractivity contribution >= 4 is 17.8 Å². The molecule has 1 aliphatic carbocycles. The van der Waals surface area contributed by atoms with Crippen LogP contribution in [0.1, 0.15) is 62.9 Å². The standard InChI is InChI=1S/C24H34F3N3O4/c1-14(2)23(22(33)34)12-18(30(5)15(3)4)9-10-19(23)29-20(31)13-28-21(32)16-7-6-8-17(11-16)24(25,26)27/h6-8,11,14-15,18-19H,9-10,12-13H2,1-5H3,(H,28,32)(H,29,31)(H,33,34). The first-order valence-corrected chi connectivity index (χ1v) is 11.4. The van der Waals surface area contributed by atoms with E-state index < -0.39 is 47.5 Å². The summed E-state index contributed by atoms with van der Waals surface area (Å²) in [5, 5.41) is 15.3. The molecule has 1 saturated carbocycles. The second kappa shape index (κ2) is 10.8. The summed E-state index contributed by atoms with van der Waals surface area (Å²) < 4.78 is 38.7. The van der Waals surface area contributed by atoms with E-state index in [-0.39, 0.29) is 23.6 Å². The summed E-state index contributed by atoms with van der Waals surface area (Å²) in [5.41, 5.74) is -2.37. The number of halogens is 3. The molecule has 0 aliphatic heterocycles. The summed E-state index contributed by atoms with van der Waals surface area (Å²) in [6, 6.07) is 3.56. The molecule has 2 rings (SSSR count). The summed E-state index contributed by atoms with van der Waals surface area (Å²) in [6.07, 6.45) is -3.05. The number of carboxylic acid groups (broad SMARTS) is 1. The molecule has 3 unspecified atom stereocenters. The number of nitrogens with one attached hydrogen (secondary N) is 2. The van der Waals surface area contributed by atoms with Crippen molar-refractivity contribution in [2.24, 2.45) is 11.3 Å². The smallest absolute Gasteiger partial charge is 0.416 e. The monoisotopic (exact) mass is 485 g/mol. The molecule has 190 valence electrons. The molecule has 3 N–H and O–H groups in total. The predicted octanol–water partition coefficient (Wildman–Crippen LogP) is 3.54. The van der Waals surface area contributed by atoms with Gasteiger partial charge in [0, 0.05) is 23.7 Å². The average Bonchev–Trinajstić information content (AvgIpc) is 2.76. The minimum Gasteiger partial charge on any atom is -0.481 e. The van der Waals surface area contributed by atoms with Gasteiger partial charge in [-0.2, -0.15) is 13.2 Å². The molecule has 3 atom stereocenters. The SMILES string of the molecule is CC(C)N(C)C1CCC(NC(=O)CNC(=O)c2cccc(C(F)(F)F)c2)C(C(=O)O)(C(C)C)C1. The molecule has 1 aliphatic rings. The van der Waals surface area contributed by atoms with Crippen molar-refractivity contribution in [2.45, 2.75) is 71.3 Å². The Morgan fingerprint density at radius 3 is 2.35 bits per heavy atom. The highest BCUT2D eigenvalue weighted by Gasteiger charge is 2.53. The van der Waals surface area contributed by atoms with Crippen molar-refractivity contribution in [3.05, 3.63) is 35.4 Å². The number of carbonyl (C=O) groups excluding carboxylic acids is 2. The maximum absolute atomic E-state index is 12.9. The maximum atomic E-state index is 12.9. The van der Waals surface area contributed by atoms with Crippen molar-refractivity contribution in [1.82, 2.24) is 15.5 Å². The first-order chi connectivity index (χ1) is 15.7. The van der Waals surface area contributed by atoms with Crippen molar-refractivity contribution < 1.29 is 32.7 Å². The molecule has 1 aromatic rings. The van der Waals surface area contributed by atoms with Crippen LogP contribution in [-0.4, -0.2) is 59.5 Å². The molecule has 0 radical (unpaired) electrons. The zero-order chi connectivity index (χ0) is 25.8. The number of carboxylic acids is 1. The van der Waals surface area contributed by atoms with Crippen LogP contribution in [0, 0.1) is 11.3 Å². The molecule has 0 aromatic heterocycles. The van der Waals surface area contributed by atoms with E-state index in [1.807, 2.05) is 34.7 Å². The van der Waals surface area contributed by atoms with Gasteiger partial charge >= 0.3 is 12.1 Å². The third-order valence-electron chi connectivity index (χ3n) is 7.00. The van der Waals surface area contributed by atoms with E-state index in [2.05, 4.69) is 15.5 Å². The van der Waals surface area contributed by atoms with Gasteiger partial charge in [0.05, 0.1) is 17.5 Å². The zero-order valence-corrected chi connectivity index (χ0v) is 20.2. The van der Waals surface area contributed by atoms with Crippen LogP contribution < -0.4 is 10.6 Å². The Hall–Kier alpha value is -2.62. The third kappa shape index (κ3) is 6.08. The quantitative estimate of drug-likeness (QED) is 0.523. The van der Waals surface area contributed by atoms with Gasteiger partial charge in [-0.25, -0.2) is 0 Å². The topological polar surface area (TPSA) is 98.7 Å². The van der Waals surface area contributed by atoms with E-state index in [0.29, 0.717) is 25.3 Å². The molecule has 0 spiro atoms. The lowest BCUT2D eigenvalue weighted by atomic mass is 9.62. The number of alkyl halides is 3. The van der Waals surface area contributed by atoms with Gasteiger partial charge in [-0.15, -0.1) is 0 Å². The van der Waals surface area contributed by atoms with Gasteiger partial charge in [0.15, 0.2) is 0 Å². The van der Waals surface area contributed by atoms with Crippen LogP contribution in [0.15, 0.2) is 24.3 Å². The van der Waals surface area contributed by atoms with Crippen LogP contribution in [0.25, 0.3) is 0 Å². The van der Waals surface area contributed by atoms with Gasteiger partial charge in [-0.05, 0) is 64.3 Å². The average molecular weight is 486 g/mol. The van der Waals surface area contributed by atoms with Crippen LogP contribution in [0.2, 0.25) is 0 Å². The summed E-state index contributed by atoms with van der Waals surface area (Å²) in [4.78, 5) is 39.5. The number of aliphatic carboxylic acids is 1. The highest BCUT2D eigenvalue weighted by Crippen LogP contribution is 2.44. The van der Waals surface area contributed by atoms with Crippen LogP contribution in [0.5, 0.6) is 0 Å². The second-order valence-electron chi connectivity index (χ2n) is 9.58. The fourth-order valence-electron chi connectivity index (χ4n) is 4.69. The summed E-state index contributed by atoms with van der Waals surface area (Å²) in [5.74, 6) is -2.66. The summed E-state index contributed by atoms with van der Waals surface area (Å²) >= 11 is 0. The number of rotatable bonds is 8. The molecule has 1 aromatic carbocycles. The van der Waals surface area contributed by atoms with Crippen molar-refractivity contribution in [3.8, 4) is 0 Å². The molecule has 7 nitrogen and oxygen atoms in total. The highest BCUT2D eigenvalue weighted by molar-refractivity contribution is 5.96. The molecule has 0 heterocycles. The number of nitrogens with zero attached hydrogens (tertiary/aromatic N) is 1. The van der Waals surface area contributed by atoms with E-state index >= 15 is 0 Å². The predicted molar refractivity (Wildman–Crippen MR) is 121 cm³/mol. The molecule has 0 saturated heterocycles. The third-order valence-corrected chi connectivity index (χ3v) is 7.00. The Labute approximate surface area is 198 Å². The van der Waals surface area contributed by atoms with Gasteiger partial charge in [-0.1, -0.05) is 19.9 Å². The number of hydrogen-bond donors (Lipinski definition) is 3. The van der Waals surface area contributed by atoms with E-state index in [4.69, 9.17) is 0 Å². The van der Waals surface area contributed by atoms with Crippen molar-refractivity contribution in [1.29, 1.82) is 0 Å².